The summed E-state index contributed by atoms with van der Waals surface area (Å²) in [4.78, 5) is 6.11. The Morgan fingerprint density at radius 1 is 1.33 bits per heavy atom. The molecule has 86 valence electrons. The monoisotopic (exact) mass is 226 g/mol. The molecular formula is C12H22N2S. The summed E-state index contributed by atoms with van der Waals surface area (Å²) in [6.45, 7) is 9.89. The quantitative estimate of drug-likeness (QED) is 0.799. The maximum Gasteiger partial charge on any atom is 0.0984 e. The third-order valence-electron chi connectivity index (χ3n) is 2.36. The second kappa shape index (κ2) is 5.08. The molecule has 0 unspecified atom stereocenters. The third-order valence-corrected chi connectivity index (χ3v) is 4.01. The lowest BCUT2D eigenvalue weighted by molar-refractivity contribution is 0.584. The SMILES string of the molecule is CNCCCc1sc(C(C)(C)C)nc1C. The van der Waals surface area contributed by atoms with Crippen molar-refractivity contribution in [3.05, 3.63) is 15.6 Å². The minimum Gasteiger partial charge on any atom is -0.320 e. The molecule has 1 heterocycles. The van der Waals surface area contributed by atoms with Crippen LogP contribution in [0.15, 0.2) is 0 Å². The third kappa shape index (κ3) is 3.58. The van der Waals surface area contributed by atoms with Crippen LogP contribution >= 0.6 is 11.3 Å². The molecule has 15 heavy (non-hydrogen) atoms. The second-order valence-electron chi connectivity index (χ2n) is 4.98. The molecule has 0 saturated heterocycles. The summed E-state index contributed by atoms with van der Waals surface area (Å²) in [5.74, 6) is 0. The highest BCUT2D eigenvalue weighted by molar-refractivity contribution is 7.11. The molecule has 0 aliphatic carbocycles. The van der Waals surface area contributed by atoms with Gasteiger partial charge in [-0.15, -0.1) is 11.3 Å². The number of rotatable bonds is 4. The van der Waals surface area contributed by atoms with Crippen molar-refractivity contribution in [3.63, 3.8) is 0 Å². The van der Waals surface area contributed by atoms with Crippen LogP contribution in [-0.2, 0) is 11.8 Å². The standard InChI is InChI=1S/C12H22N2S/c1-9-10(7-6-8-13-5)15-11(14-9)12(2,3)4/h13H,6-8H2,1-5H3. The summed E-state index contributed by atoms with van der Waals surface area (Å²) >= 11 is 1.88. The van der Waals surface area contributed by atoms with E-state index >= 15 is 0 Å². The number of aromatic nitrogens is 1. The smallest absolute Gasteiger partial charge is 0.0984 e. The Morgan fingerprint density at radius 3 is 2.47 bits per heavy atom. The first-order valence-electron chi connectivity index (χ1n) is 5.56. The summed E-state index contributed by atoms with van der Waals surface area (Å²) in [7, 11) is 2.00. The van der Waals surface area contributed by atoms with Gasteiger partial charge in [-0.2, -0.15) is 0 Å². The van der Waals surface area contributed by atoms with Crippen LogP contribution in [0.3, 0.4) is 0 Å². The van der Waals surface area contributed by atoms with Crippen LogP contribution in [-0.4, -0.2) is 18.6 Å². The fraction of sp³-hybridized carbons (Fsp3) is 0.750. The zero-order valence-electron chi connectivity index (χ0n) is 10.5. The number of thiazole rings is 1. The van der Waals surface area contributed by atoms with E-state index in [2.05, 4.69) is 38.0 Å². The molecule has 0 aliphatic rings. The molecule has 0 spiro atoms. The average Bonchev–Trinajstić information content (AvgIpc) is 2.48. The fourth-order valence-electron chi connectivity index (χ4n) is 1.41. The maximum atomic E-state index is 4.66. The van der Waals surface area contributed by atoms with Crippen LogP contribution in [0.4, 0.5) is 0 Å². The number of hydrogen-bond acceptors (Lipinski definition) is 3. The van der Waals surface area contributed by atoms with Crippen molar-refractivity contribution in [1.29, 1.82) is 0 Å². The minimum absolute atomic E-state index is 0.191. The summed E-state index contributed by atoms with van der Waals surface area (Å²) in [5.41, 5.74) is 1.41. The van der Waals surface area contributed by atoms with E-state index in [4.69, 9.17) is 0 Å². The normalized spacial score (nSPS) is 12.1. The van der Waals surface area contributed by atoms with Gasteiger partial charge in [-0.1, -0.05) is 20.8 Å². The fourth-order valence-corrected chi connectivity index (χ4v) is 2.57. The van der Waals surface area contributed by atoms with E-state index in [9.17, 15) is 0 Å². The number of nitrogens with one attached hydrogen (secondary N) is 1. The van der Waals surface area contributed by atoms with Gasteiger partial charge in [0, 0.05) is 10.3 Å². The van der Waals surface area contributed by atoms with E-state index in [1.165, 1.54) is 22.0 Å². The highest BCUT2D eigenvalue weighted by Crippen LogP contribution is 2.29. The van der Waals surface area contributed by atoms with Gasteiger partial charge in [0.25, 0.3) is 0 Å². The van der Waals surface area contributed by atoms with Gasteiger partial charge in [-0.3, -0.25) is 0 Å². The van der Waals surface area contributed by atoms with Crippen LogP contribution in [0.1, 0.15) is 42.8 Å². The molecule has 0 aliphatic heterocycles. The van der Waals surface area contributed by atoms with E-state index < -0.39 is 0 Å². The molecule has 0 fully saturated rings. The highest BCUT2D eigenvalue weighted by Gasteiger charge is 2.19. The Kier molecular flexibility index (Phi) is 4.29. The van der Waals surface area contributed by atoms with Crippen LogP contribution in [0.5, 0.6) is 0 Å². The zero-order chi connectivity index (χ0) is 11.5. The second-order valence-corrected chi connectivity index (χ2v) is 6.07. The highest BCUT2D eigenvalue weighted by atomic mass is 32.1. The molecule has 3 heteroatoms. The molecule has 1 aromatic heterocycles. The summed E-state index contributed by atoms with van der Waals surface area (Å²) in [6, 6.07) is 0. The van der Waals surface area contributed by atoms with Gasteiger partial charge in [-0.25, -0.2) is 4.98 Å². The Hall–Kier alpha value is -0.410. The summed E-state index contributed by atoms with van der Waals surface area (Å²) < 4.78 is 0. The average molecular weight is 226 g/mol. The van der Waals surface area contributed by atoms with Crippen molar-refractivity contribution >= 4 is 11.3 Å². The molecule has 2 nitrogen and oxygen atoms in total. The molecule has 0 saturated carbocycles. The topological polar surface area (TPSA) is 24.9 Å². The first kappa shape index (κ1) is 12.7. The van der Waals surface area contributed by atoms with Crippen molar-refractivity contribution < 1.29 is 0 Å². The molecular weight excluding hydrogens is 204 g/mol. The Morgan fingerprint density at radius 2 is 2.00 bits per heavy atom. The van der Waals surface area contributed by atoms with Crippen molar-refractivity contribution in [2.75, 3.05) is 13.6 Å². The molecule has 0 radical (unpaired) electrons. The molecule has 0 atom stereocenters. The van der Waals surface area contributed by atoms with E-state index in [0.717, 1.165) is 13.0 Å². The summed E-state index contributed by atoms with van der Waals surface area (Å²) in [6.07, 6.45) is 2.35. The van der Waals surface area contributed by atoms with Gasteiger partial charge in [0.2, 0.25) is 0 Å². The van der Waals surface area contributed by atoms with Gasteiger partial charge in [-0.05, 0) is 33.4 Å². The molecule has 0 amide bonds. The zero-order valence-corrected chi connectivity index (χ0v) is 11.3. The lowest BCUT2D eigenvalue weighted by Gasteiger charge is -2.13. The Labute approximate surface area is 97.1 Å². The van der Waals surface area contributed by atoms with Crippen LogP contribution in [0.25, 0.3) is 0 Å². The predicted octanol–water partition coefficient (Wildman–Crippen LogP) is 2.90. The van der Waals surface area contributed by atoms with Gasteiger partial charge < -0.3 is 5.32 Å². The Balaban J connectivity index is 2.69. The molecule has 1 N–H and O–H groups in total. The van der Waals surface area contributed by atoms with Crippen molar-refractivity contribution in [1.82, 2.24) is 10.3 Å². The van der Waals surface area contributed by atoms with Crippen LogP contribution < -0.4 is 5.32 Å². The predicted molar refractivity (Wildman–Crippen MR) is 67.8 cm³/mol. The maximum absolute atomic E-state index is 4.66. The number of aryl methyl sites for hydroxylation is 2. The van der Waals surface area contributed by atoms with Gasteiger partial charge in [0.05, 0.1) is 10.7 Å². The van der Waals surface area contributed by atoms with E-state index in [1.807, 2.05) is 18.4 Å². The number of nitrogens with zero attached hydrogens (tertiary/aromatic N) is 1. The molecule has 1 aromatic rings. The van der Waals surface area contributed by atoms with Gasteiger partial charge in [0.15, 0.2) is 0 Å². The molecule has 0 bridgehead atoms. The molecule has 0 aromatic carbocycles. The lowest BCUT2D eigenvalue weighted by atomic mass is 9.98. The largest absolute Gasteiger partial charge is 0.320 e. The van der Waals surface area contributed by atoms with Crippen LogP contribution in [0, 0.1) is 6.92 Å². The lowest BCUT2D eigenvalue weighted by Crippen LogP contribution is -2.10. The number of hydrogen-bond donors (Lipinski definition) is 1. The first-order chi connectivity index (χ1) is 6.95. The van der Waals surface area contributed by atoms with Gasteiger partial charge >= 0.3 is 0 Å². The first-order valence-corrected chi connectivity index (χ1v) is 6.38. The Bertz CT molecular complexity index is 310. The van der Waals surface area contributed by atoms with E-state index in [0.29, 0.717) is 0 Å². The van der Waals surface area contributed by atoms with E-state index in [-0.39, 0.29) is 5.41 Å². The minimum atomic E-state index is 0.191. The van der Waals surface area contributed by atoms with Crippen molar-refractivity contribution in [2.24, 2.45) is 0 Å². The van der Waals surface area contributed by atoms with Crippen LogP contribution in [0.2, 0.25) is 0 Å². The van der Waals surface area contributed by atoms with Crippen molar-refractivity contribution in [2.45, 2.75) is 46.0 Å². The summed E-state index contributed by atoms with van der Waals surface area (Å²) in [5, 5.41) is 4.44. The van der Waals surface area contributed by atoms with Gasteiger partial charge in [0.1, 0.15) is 0 Å². The van der Waals surface area contributed by atoms with Crippen molar-refractivity contribution in [3.8, 4) is 0 Å². The molecule has 1 rings (SSSR count). The van der Waals surface area contributed by atoms with E-state index in [1.54, 1.807) is 0 Å².